The minimum atomic E-state index is 0.296. The monoisotopic (exact) mass is 405 g/mol. The Hall–Kier alpha value is -1.78. The Bertz CT molecular complexity index is 868. The number of aromatic nitrogens is 1. The van der Waals surface area contributed by atoms with Crippen LogP contribution in [0.5, 0.6) is 0 Å². The minimum absolute atomic E-state index is 0.296. The molecule has 2 aromatic rings. The molecule has 5 rings (SSSR count). The lowest BCUT2D eigenvalue weighted by atomic mass is 9.78. The van der Waals surface area contributed by atoms with Gasteiger partial charge in [-0.05, 0) is 87.7 Å². The van der Waals surface area contributed by atoms with Gasteiger partial charge in [-0.3, -0.25) is 9.78 Å². The van der Waals surface area contributed by atoms with Crippen LogP contribution in [-0.4, -0.2) is 48.4 Å². The Balaban J connectivity index is 1.08. The Kier molecular flexibility index (Phi) is 6.14. The van der Waals surface area contributed by atoms with Crippen molar-refractivity contribution in [2.45, 2.75) is 44.9 Å². The standard InChI is InChI=1S/C26H35N3O/c30-26(24-3-1-5-25-23(24)4-2-12-28-25)15-20-8-6-19(7-9-20)10-13-29-14-11-21-16-27-17-22(21)18-29/h1-5,12,19-22,27H,6-11,13-18H2/t19?,20?,21-,22+/m0/s1. The number of hydrogen-bond donors (Lipinski definition) is 1. The molecule has 160 valence electrons. The van der Waals surface area contributed by atoms with Crippen LogP contribution in [0.4, 0.5) is 0 Å². The van der Waals surface area contributed by atoms with Crippen LogP contribution in [0.25, 0.3) is 10.9 Å². The van der Waals surface area contributed by atoms with E-state index in [1.54, 1.807) is 6.20 Å². The number of ketones is 1. The van der Waals surface area contributed by atoms with E-state index < -0.39 is 0 Å². The molecule has 2 atom stereocenters. The van der Waals surface area contributed by atoms with Crippen LogP contribution >= 0.6 is 0 Å². The van der Waals surface area contributed by atoms with Gasteiger partial charge >= 0.3 is 0 Å². The maximum atomic E-state index is 13.0. The summed E-state index contributed by atoms with van der Waals surface area (Å²) in [6.07, 6.45) is 10.3. The van der Waals surface area contributed by atoms with Gasteiger partial charge < -0.3 is 10.2 Å². The summed E-state index contributed by atoms with van der Waals surface area (Å²) in [7, 11) is 0. The Morgan fingerprint density at radius 1 is 1.00 bits per heavy atom. The van der Waals surface area contributed by atoms with Crippen LogP contribution < -0.4 is 5.32 Å². The molecule has 0 bridgehead atoms. The van der Waals surface area contributed by atoms with E-state index in [0.29, 0.717) is 18.1 Å². The van der Waals surface area contributed by atoms with E-state index in [4.69, 9.17) is 0 Å². The number of benzene rings is 1. The maximum absolute atomic E-state index is 13.0. The van der Waals surface area contributed by atoms with Crippen LogP contribution in [0.3, 0.4) is 0 Å². The number of nitrogens with zero attached hydrogens (tertiary/aromatic N) is 2. The minimum Gasteiger partial charge on any atom is -0.316 e. The van der Waals surface area contributed by atoms with Crippen LogP contribution in [-0.2, 0) is 0 Å². The molecule has 1 N–H and O–H groups in total. The van der Waals surface area contributed by atoms with Crippen LogP contribution in [0.1, 0.15) is 55.3 Å². The number of carbonyl (C=O) groups is 1. The third kappa shape index (κ3) is 4.45. The molecule has 1 aromatic carbocycles. The fraction of sp³-hybridized carbons (Fsp3) is 0.615. The fourth-order valence-electron chi connectivity index (χ4n) is 6.12. The van der Waals surface area contributed by atoms with E-state index >= 15 is 0 Å². The number of piperidine rings is 1. The molecule has 3 heterocycles. The second-order valence-electron chi connectivity index (χ2n) is 9.95. The van der Waals surface area contributed by atoms with Gasteiger partial charge in [0.25, 0.3) is 0 Å². The van der Waals surface area contributed by atoms with E-state index in [1.165, 1.54) is 71.2 Å². The third-order valence-corrected chi connectivity index (χ3v) is 8.03. The molecule has 2 saturated heterocycles. The van der Waals surface area contributed by atoms with Gasteiger partial charge in [0.05, 0.1) is 5.52 Å². The van der Waals surface area contributed by atoms with Crippen molar-refractivity contribution in [2.75, 3.05) is 32.7 Å². The summed E-state index contributed by atoms with van der Waals surface area (Å²) in [5.41, 5.74) is 1.78. The van der Waals surface area contributed by atoms with Crippen molar-refractivity contribution in [3.8, 4) is 0 Å². The smallest absolute Gasteiger partial charge is 0.163 e. The lowest BCUT2D eigenvalue weighted by Gasteiger charge is -2.36. The molecule has 4 nitrogen and oxygen atoms in total. The van der Waals surface area contributed by atoms with E-state index in [-0.39, 0.29) is 0 Å². The van der Waals surface area contributed by atoms with Gasteiger partial charge in [-0.2, -0.15) is 0 Å². The SMILES string of the molecule is O=C(CC1CCC(CCN2CC[C@H]3CNC[C@@H]3C2)CC1)c1cccc2ncccc12. The summed E-state index contributed by atoms with van der Waals surface area (Å²) in [5, 5.41) is 4.57. The molecular weight excluding hydrogens is 370 g/mol. The number of fused-ring (bicyclic) bond motifs is 2. The predicted octanol–water partition coefficient (Wildman–Crippen LogP) is 4.55. The fourth-order valence-corrected chi connectivity index (χ4v) is 6.12. The largest absolute Gasteiger partial charge is 0.316 e. The van der Waals surface area contributed by atoms with Gasteiger partial charge in [0, 0.05) is 30.1 Å². The van der Waals surface area contributed by atoms with Crippen molar-refractivity contribution in [1.82, 2.24) is 15.2 Å². The van der Waals surface area contributed by atoms with Gasteiger partial charge in [-0.1, -0.05) is 31.0 Å². The van der Waals surface area contributed by atoms with E-state index in [2.05, 4.69) is 15.2 Å². The molecular formula is C26H35N3O. The van der Waals surface area contributed by atoms with E-state index in [1.807, 2.05) is 30.3 Å². The van der Waals surface area contributed by atoms with Crippen molar-refractivity contribution in [3.05, 3.63) is 42.1 Å². The molecule has 1 aromatic heterocycles. The lowest BCUT2D eigenvalue weighted by molar-refractivity contribution is 0.0938. The highest BCUT2D eigenvalue weighted by Crippen LogP contribution is 2.34. The van der Waals surface area contributed by atoms with Crippen LogP contribution in [0.15, 0.2) is 36.5 Å². The van der Waals surface area contributed by atoms with Gasteiger partial charge in [0.1, 0.15) is 0 Å². The summed E-state index contributed by atoms with van der Waals surface area (Å²) >= 11 is 0. The quantitative estimate of drug-likeness (QED) is 0.717. The highest BCUT2D eigenvalue weighted by molar-refractivity contribution is 6.07. The van der Waals surface area contributed by atoms with Gasteiger partial charge in [0.15, 0.2) is 5.78 Å². The molecule has 3 fully saturated rings. The van der Waals surface area contributed by atoms with Crippen LogP contribution in [0.2, 0.25) is 0 Å². The first kappa shape index (κ1) is 20.1. The summed E-state index contributed by atoms with van der Waals surface area (Å²) in [4.78, 5) is 20.1. The zero-order valence-corrected chi connectivity index (χ0v) is 18.1. The van der Waals surface area contributed by atoms with Crippen molar-refractivity contribution in [2.24, 2.45) is 23.7 Å². The molecule has 1 saturated carbocycles. The third-order valence-electron chi connectivity index (χ3n) is 8.03. The summed E-state index contributed by atoms with van der Waals surface area (Å²) < 4.78 is 0. The average Bonchev–Trinajstić information content (AvgIpc) is 3.26. The molecule has 2 aliphatic heterocycles. The molecule has 3 aliphatic rings. The predicted molar refractivity (Wildman–Crippen MR) is 122 cm³/mol. The Morgan fingerprint density at radius 2 is 1.83 bits per heavy atom. The summed E-state index contributed by atoms with van der Waals surface area (Å²) in [5.74, 6) is 3.54. The topological polar surface area (TPSA) is 45.2 Å². The number of rotatable bonds is 6. The maximum Gasteiger partial charge on any atom is 0.163 e. The van der Waals surface area contributed by atoms with Gasteiger partial charge in [-0.15, -0.1) is 0 Å². The zero-order chi connectivity index (χ0) is 20.3. The zero-order valence-electron chi connectivity index (χ0n) is 18.1. The van der Waals surface area contributed by atoms with Crippen molar-refractivity contribution >= 4 is 16.7 Å². The van der Waals surface area contributed by atoms with Gasteiger partial charge in [-0.25, -0.2) is 0 Å². The first-order valence-electron chi connectivity index (χ1n) is 12.1. The molecule has 0 amide bonds. The second-order valence-corrected chi connectivity index (χ2v) is 9.95. The summed E-state index contributed by atoms with van der Waals surface area (Å²) in [6.45, 7) is 6.36. The van der Waals surface area contributed by atoms with Crippen molar-refractivity contribution in [3.63, 3.8) is 0 Å². The molecule has 4 heteroatoms. The normalized spacial score (nSPS) is 29.7. The average molecular weight is 406 g/mol. The molecule has 30 heavy (non-hydrogen) atoms. The number of pyridine rings is 1. The molecule has 0 radical (unpaired) electrons. The highest BCUT2D eigenvalue weighted by atomic mass is 16.1. The Labute approximate surface area is 180 Å². The Morgan fingerprint density at radius 3 is 2.73 bits per heavy atom. The first-order valence-corrected chi connectivity index (χ1v) is 12.1. The van der Waals surface area contributed by atoms with Crippen molar-refractivity contribution in [1.29, 1.82) is 0 Å². The number of carbonyl (C=O) groups excluding carboxylic acids is 1. The number of hydrogen-bond acceptors (Lipinski definition) is 4. The number of nitrogens with one attached hydrogen (secondary N) is 1. The van der Waals surface area contributed by atoms with E-state index in [9.17, 15) is 4.79 Å². The van der Waals surface area contributed by atoms with Crippen molar-refractivity contribution < 1.29 is 4.79 Å². The second kappa shape index (κ2) is 9.15. The highest BCUT2D eigenvalue weighted by Gasteiger charge is 2.33. The van der Waals surface area contributed by atoms with Crippen LogP contribution in [0, 0.1) is 23.7 Å². The molecule has 0 spiro atoms. The molecule has 1 aliphatic carbocycles. The van der Waals surface area contributed by atoms with Gasteiger partial charge in [0.2, 0.25) is 0 Å². The number of likely N-dealkylation sites (tertiary alicyclic amines) is 1. The van der Waals surface area contributed by atoms with E-state index in [0.717, 1.165) is 34.2 Å². The lowest BCUT2D eigenvalue weighted by Crippen LogP contribution is -2.40. The molecule has 0 unspecified atom stereocenters. The summed E-state index contributed by atoms with van der Waals surface area (Å²) in [6, 6.07) is 9.88. The first-order chi connectivity index (χ1) is 14.8. The number of Topliss-reactive ketones (excluding diaryl/α,β-unsaturated/α-hetero) is 1.